The molecule has 1 amide bonds. The minimum Gasteiger partial charge on any atom is -0.480 e. The van der Waals surface area contributed by atoms with Gasteiger partial charge in [0.25, 0.3) is 0 Å². The molecule has 2 atom stereocenters. The Morgan fingerprint density at radius 1 is 1.50 bits per heavy atom. The standard InChI is InChI=1S/C6H11NO5/c1-3(8)4(5(9)10)7-6(11)12-2/h3-4,8H,1-2H3,(H,7,11)(H,9,10)/t3-,4+/m1/s1. The minimum atomic E-state index is -1.34. The van der Waals surface area contributed by atoms with Gasteiger partial charge in [-0.1, -0.05) is 0 Å². The number of carboxylic acid groups (broad SMARTS) is 1. The number of carboxylic acids is 1. The summed E-state index contributed by atoms with van der Waals surface area (Å²) in [4.78, 5) is 20.9. The van der Waals surface area contributed by atoms with E-state index < -0.39 is 24.2 Å². The molecule has 0 bridgehead atoms. The van der Waals surface area contributed by atoms with E-state index in [1.54, 1.807) is 0 Å². The highest BCUT2D eigenvalue weighted by Crippen LogP contribution is 1.93. The molecule has 0 spiro atoms. The van der Waals surface area contributed by atoms with Gasteiger partial charge in [-0.2, -0.15) is 0 Å². The van der Waals surface area contributed by atoms with Crippen LogP contribution in [0.5, 0.6) is 0 Å². The zero-order chi connectivity index (χ0) is 9.72. The minimum absolute atomic E-state index is 0.886. The summed E-state index contributed by atoms with van der Waals surface area (Å²) in [5.74, 6) is -1.31. The number of hydrogen-bond donors (Lipinski definition) is 3. The van der Waals surface area contributed by atoms with Crippen LogP contribution in [0, 0.1) is 0 Å². The average Bonchev–Trinajstić information content (AvgIpc) is 1.98. The van der Waals surface area contributed by atoms with Crippen LogP contribution in [0.1, 0.15) is 6.92 Å². The van der Waals surface area contributed by atoms with Crippen molar-refractivity contribution >= 4 is 12.1 Å². The molecule has 0 fully saturated rings. The van der Waals surface area contributed by atoms with Gasteiger partial charge in [0.15, 0.2) is 6.04 Å². The summed E-state index contributed by atoms with van der Waals surface area (Å²) in [5, 5.41) is 19.3. The number of carbonyl (C=O) groups is 2. The number of carbonyl (C=O) groups excluding carboxylic acids is 1. The van der Waals surface area contributed by atoms with E-state index in [-0.39, 0.29) is 0 Å². The Morgan fingerprint density at radius 3 is 2.25 bits per heavy atom. The van der Waals surface area contributed by atoms with Crippen molar-refractivity contribution in [3.63, 3.8) is 0 Å². The maximum Gasteiger partial charge on any atom is 0.407 e. The quantitative estimate of drug-likeness (QED) is 0.523. The Kier molecular flexibility index (Phi) is 4.06. The average molecular weight is 177 g/mol. The van der Waals surface area contributed by atoms with Gasteiger partial charge in [-0.15, -0.1) is 0 Å². The fraction of sp³-hybridized carbons (Fsp3) is 0.667. The fourth-order valence-corrected chi connectivity index (χ4v) is 0.575. The molecule has 0 saturated heterocycles. The molecule has 70 valence electrons. The summed E-state index contributed by atoms with van der Waals surface area (Å²) in [6, 6.07) is -1.34. The molecule has 3 N–H and O–H groups in total. The van der Waals surface area contributed by atoms with E-state index in [2.05, 4.69) is 4.74 Å². The lowest BCUT2D eigenvalue weighted by molar-refractivity contribution is -0.141. The SMILES string of the molecule is COC(=O)N[C@H](C(=O)O)[C@@H](C)O. The molecule has 6 heteroatoms. The monoisotopic (exact) mass is 177 g/mol. The number of aliphatic hydroxyl groups excluding tert-OH is 1. The first-order chi connectivity index (χ1) is 5.49. The molecule has 0 saturated carbocycles. The van der Waals surface area contributed by atoms with Crippen LogP contribution >= 0.6 is 0 Å². The van der Waals surface area contributed by atoms with Crippen LogP contribution in [0.25, 0.3) is 0 Å². The van der Waals surface area contributed by atoms with Gasteiger partial charge in [0.2, 0.25) is 0 Å². The zero-order valence-electron chi connectivity index (χ0n) is 6.77. The van der Waals surface area contributed by atoms with E-state index in [4.69, 9.17) is 10.2 Å². The molecule has 0 radical (unpaired) electrons. The Labute approximate surface area is 69.1 Å². The summed E-state index contributed by atoms with van der Waals surface area (Å²) in [5.41, 5.74) is 0. The molecule has 0 heterocycles. The van der Waals surface area contributed by atoms with Crippen LogP contribution in [0.3, 0.4) is 0 Å². The van der Waals surface area contributed by atoms with Gasteiger partial charge >= 0.3 is 12.1 Å². The lowest BCUT2D eigenvalue weighted by atomic mass is 10.2. The van der Waals surface area contributed by atoms with Gasteiger partial charge in [-0.3, -0.25) is 0 Å². The van der Waals surface area contributed by atoms with Gasteiger partial charge in [0.1, 0.15) is 0 Å². The topological polar surface area (TPSA) is 95.9 Å². The number of rotatable bonds is 3. The number of ether oxygens (including phenoxy) is 1. The third-order valence-electron chi connectivity index (χ3n) is 1.21. The molecule has 12 heavy (non-hydrogen) atoms. The van der Waals surface area contributed by atoms with Crippen LogP contribution in [0.15, 0.2) is 0 Å². The van der Waals surface area contributed by atoms with E-state index in [9.17, 15) is 9.59 Å². The summed E-state index contributed by atoms with van der Waals surface area (Å²) in [6.45, 7) is 1.26. The van der Waals surface area contributed by atoms with Crippen molar-refractivity contribution in [3.8, 4) is 0 Å². The van der Waals surface area contributed by atoms with Gasteiger partial charge < -0.3 is 20.3 Å². The first-order valence-electron chi connectivity index (χ1n) is 3.24. The highest BCUT2D eigenvalue weighted by molar-refractivity contribution is 5.80. The molecule has 0 rings (SSSR count). The Hall–Kier alpha value is -1.30. The van der Waals surface area contributed by atoms with Crippen LogP contribution in [-0.4, -0.2) is 41.5 Å². The first-order valence-corrected chi connectivity index (χ1v) is 3.24. The molecule has 0 unspecified atom stereocenters. The predicted octanol–water partition coefficient (Wildman–Crippen LogP) is -0.824. The van der Waals surface area contributed by atoms with Crippen molar-refractivity contribution in [1.82, 2.24) is 5.32 Å². The molecule has 0 aliphatic heterocycles. The third-order valence-corrected chi connectivity index (χ3v) is 1.21. The molecular weight excluding hydrogens is 166 g/mol. The van der Waals surface area contributed by atoms with Gasteiger partial charge in [-0.25, -0.2) is 9.59 Å². The number of hydrogen-bond acceptors (Lipinski definition) is 4. The molecule has 6 nitrogen and oxygen atoms in total. The van der Waals surface area contributed by atoms with Crippen molar-refractivity contribution in [2.45, 2.75) is 19.1 Å². The molecule has 0 aromatic rings. The molecule has 0 aromatic carbocycles. The summed E-state index contributed by atoms with van der Waals surface area (Å²) in [6.07, 6.45) is -2.05. The maximum absolute atomic E-state index is 10.5. The number of aliphatic hydroxyl groups is 1. The second kappa shape index (κ2) is 4.55. The predicted molar refractivity (Wildman–Crippen MR) is 38.6 cm³/mol. The van der Waals surface area contributed by atoms with Crippen molar-refractivity contribution in [2.75, 3.05) is 7.11 Å². The third kappa shape index (κ3) is 3.20. The molecule has 0 aliphatic carbocycles. The van der Waals surface area contributed by atoms with E-state index in [1.165, 1.54) is 6.92 Å². The fourth-order valence-electron chi connectivity index (χ4n) is 0.575. The van der Waals surface area contributed by atoms with E-state index >= 15 is 0 Å². The summed E-state index contributed by atoms with van der Waals surface area (Å²) in [7, 11) is 1.11. The van der Waals surface area contributed by atoms with Crippen molar-refractivity contribution in [1.29, 1.82) is 0 Å². The lowest BCUT2D eigenvalue weighted by Gasteiger charge is -2.15. The number of alkyl carbamates (subject to hydrolysis) is 1. The molecular formula is C6H11NO5. The number of aliphatic carboxylic acids is 1. The maximum atomic E-state index is 10.5. The smallest absolute Gasteiger partial charge is 0.407 e. The number of methoxy groups -OCH3 is 1. The Morgan fingerprint density at radius 2 is 2.00 bits per heavy atom. The van der Waals surface area contributed by atoms with Crippen LogP contribution in [0.4, 0.5) is 4.79 Å². The second-order valence-electron chi connectivity index (χ2n) is 2.19. The zero-order valence-corrected chi connectivity index (χ0v) is 6.77. The highest BCUT2D eigenvalue weighted by atomic mass is 16.5. The Bertz CT molecular complexity index is 179. The van der Waals surface area contributed by atoms with Crippen molar-refractivity contribution in [2.24, 2.45) is 0 Å². The summed E-state index contributed by atoms with van der Waals surface area (Å²) < 4.78 is 4.16. The Balaban J connectivity index is 4.14. The van der Waals surface area contributed by atoms with Gasteiger partial charge in [0.05, 0.1) is 13.2 Å². The van der Waals surface area contributed by atoms with Gasteiger partial charge in [-0.05, 0) is 6.92 Å². The summed E-state index contributed by atoms with van der Waals surface area (Å²) >= 11 is 0. The van der Waals surface area contributed by atoms with E-state index in [0.717, 1.165) is 7.11 Å². The normalized spacial score (nSPS) is 14.6. The molecule has 0 aliphatic rings. The van der Waals surface area contributed by atoms with E-state index in [1.807, 2.05) is 5.32 Å². The van der Waals surface area contributed by atoms with Crippen molar-refractivity contribution < 1.29 is 24.5 Å². The first kappa shape index (κ1) is 10.7. The van der Waals surface area contributed by atoms with Crippen LogP contribution in [0.2, 0.25) is 0 Å². The van der Waals surface area contributed by atoms with E-state index in [0.29, 0.717) is 0 Å². The highest BCUT2D eigenvalue weighted by Gasteiger charge is 2.24. The van der Waals surface area contributed by atoms with Crippen molar-refractivity contribution in [3.05, 3.63) is 0 Å². The van der Waals surface area contributed by atoms with Crippen LogP contribution < -0.4 is 5.32 Å². The largest absolute Gasteiger partial charge is 0.480 e. The second-order valence-corrected chi connectivity index (χ2v) is 2.19. The lowest BCUT2D eigenvalue weighted by Crippen LogP contribution is -2.47. The molecule has 0 aromatic heterocycles. The number of amides is 1. The van der Waals surface area contributed by atoms with Crippen LogP contribution in [-0.2, 0) is 9.53 Å². The number of nitrogens with one attached hydrogen (secondary N) is 1. The van der Waals surface area contributed by atoms with Gasteiger partial charge in [0, 0.05) is 0 Å².